The van der Waals surface area contributed by atoms with Gasteiger partial charge in [-0.25, -0.2) is 0 Å². The van der Waals surface area contributed by atoms with Crippen molar-refractivity contribution in [2.45, 2.75) is 51.5 Å². The Balaban J connectivity index is 1.56. The second-order valence-electron chi connectivity index (χ2n) is 6.51. The molecule has 0 radical (unpaired) electrons. The first-order chi connectivity index (χ1) is 11.2. The van der Waals surface area contributed by atoms with Crippen molar-refractivity contribution in [2.75, 3.05) is 0 Å². The summed E-state index contributed by atoms with van der Waals surface area (Å²) in [6, 6.07) is 17.0. The molecule has 120 valence electrons. The fourth-order valence-electron chi connectivity index (χ4n) is 3.32. The van der Waals surface area contributed by atoms with Gasteiger partial charge >= 0.3 is 0 Å². The number of benzene rings is 2. The van der Waals surface area contributed by atoms with Crippen LogP contribution in [-0.4, -0.2) is 5.91 Å². The fourth-order valence-corrected chi connectivity index (χ4v) is 3.32. The number of rotatable bonds is 5. The summed E-state index contributed by atoms with van der Waals surface area (Å²) in [7, 11) is 0. The summed E-state index contributed by atoms with van der Waals surface area (Å²) in [5.41, 5.74) is 5.39. The minimum Gasteiger partial charge on any atom is -0.350 e. The van der Waals surface area contributed by atoms with E-state index >= 15 is 0 Å². The Bertz CT molecular complexity index is 663. The van der Waals surface area contributed by atoms with Crippen LogP contribution in [0.25, 0.3) is 0 Å². The van der Waals surface area contributed by atoms with Crippen LogP contribution in [-0.2, 0) is 24.1 Å². The average Bonchev–Trinajstić information content (AvgIpc) is 2.60. The van der Waals surface area contributed by atoms with Gasteiger partial charge in [-0.05, 0) is 61.3 Å². The third-order valence-electron chi connectivity index (χ3n) is 4.73. The van der Waals surface area contributed by atoms with Crippen molar-refractivity contribution in [1.82, 2.24) is 5.32 Å². The topological polar surface area (TPSA) is 29.1 Å². The van der Waals surface area contributed by atoms with Crippen LogP contribution < -0.4 is 5.32 Å². The van der Waals surface area contributed by atoms with Crippen LogP contribution in [0.4, 0.5) is 0 Å². The summed E-state index contributed by atoms with van der Waals surface area (Å²) in [5.74, 6) is 0.124. The molecular weight excluding hydrogens is 282 g/mol. The van der Waals surface area contributed by atoms with Crippen LogP contribution in [0.5, 0.6) is 0 Å². The molecule has 0 fully saturated rings. The Kier molecular flexibility index (Phi) is 5.12. The summed E-state index contributed by atoms with van der Waals surface area (Å²) in [5, 5.41) is 3.13. The van der Waals surface area contributed by atoms with Gasteiger partial charge in [0.2, 0.25) is 5.91 Å². The number of fused-ring (bicyclic) bond motifs is 1. The van der Waals surface area contributed by atoms with Gasteiger partial charge in [0.15, 0.2) is 0 Å². The van der Waals surface area contributed by atoms with E-state index in [0.29, 0.717) is 6.42 Å². The molecule has 0 unspecified atom stereocenters. The van der Waals surface area contributed by atoms with Gasteiger partial charge in [0.25, 0.3) is 0 Å². The first-order valence-corrected chi connectivity index (χ1v) is 8.67. The molecule has 1 aliphatic rings. The van der Waals surface area contributed by atoms with Crippen LogP contribution in [0.1, 0.15) is 54.5 Å². The van der Waals surface area contributed by atoms with Gasteiger partial charge in [-0.15, -0.1) is 0 Å². The summed E-state index contributed by atoms with van der Waals surface area (Å²) in [6.07, 6.45) is 6.31. The van der Waals surface area contributed by atoms with Gasteiger partial charge in [-0.2, -0.15) is 0 Å². The van der Waals surface area contributed by atoms with Crippen molar-refractivity contribution in [3.63, 3.8) is 0 Å². The van der Waals surface area contributed by atoms with Gasteiger partial charge in [-0.3, -0.25) is 4.79 Å². The maximum Gasteiger partial charge on any atom is 0.220 e. The van der Waals surface area contributed by atoms with Crippen molar-refractivity contribution >= 4 is 5.91 Å². The van der Waals surface area contributed by atoms with E-state index in [0.717, 1.165) is 6.42 Å². The van der Waals surface area contributed by atoms with Crippen LogP contribution in [0, 0.1) is 0 Å². The predicted molar refractivity (Wildman–Crippen MR) is 94.4 cm³/mol. The van der Waals surface area contributed by atoms with Crippen molar-refractivity contribution < 1.29 is 4.79 Å². The number of carbonyl (C=O) groups excluding carboxylic acids is 1. The van der Waals surface area contributed by atoms with E-state index in [4.69, 9.17) is 0 Å². The zero-order chi connectivity index (χ0) is 16.1. The average molecular weight is 307 g/mol. The molecular formula is C21H25NO. The van der Waals surface area contributed by atoms with E-state index in [2.05, 4.69) is 42.6 Å². The molecule has 0 bridgehead atoms. The molecule has 0 aliphatic heterocycles. The Morgan fingerprint density at radius 1 is 1.04 bits per heavy atom. The molecule has 2 aromatic carbocycles. The number of carbonyl (C=O) groups is 1. The normalized spacial score (nSPS) is 14.8. The van der Waals surface area contributed by atoms with Crippen molar-refractivity contribution in [3.05, 3.63) is 70.8 Å². The lowest BCUT2D eigenvalue weighted by molar-refractivity contribution is -0.121. The Hall–Kier alpha value is -2.09. The molecule has 0 heterocycles. The highest BCUT2D eigenvalue weighted by molar-refractivity contribution is 5.76. The highest BCUT2D eigenvalue weighted by Crippen LogP contribution is 2.24. The lowest BCUT2D eigenvalue weighted by atomic mass is 9.89. The molecule has 1 amide bonds. The van der Waals surface area contributed by atoms with E-state index in [1.165, 1.54) is 47.9 Å². The standard InChI is InChI=1S/C21H25NO/c1-16(19-13-12-18-9-5-6-10-20(18)15-19)22-21(23)14-11-17-7-3-2-4-8-17/h2-4,7-8,12-13,15-16H,5-6,9-11,14H2,1H3,(H,22,23)/t16-/m0/s1. The second-order valence-corrected chi connectivity index (χ2v) is 6.51. The third kappa shape index (κ3) is 4.22. The van der Waals surface area contributed by atoms with E-state index < -0.39 is 0 Å². The van der Waals surface area contributed by atoms with E-state index in [9.17, 15) is 4.79 Å². The lowest BCUT2D eigenvalue weighted by Gasteiger charge is -2.20. The predicted octanol–water partition coefficient (Wildman–Crippen LogP) is 4.38. The molecule has 0 saturated carbocycles. The molecule has 2 nitrogen and oxygen atoms in total. The minimum atomic E-state index is 0.0745. The molecule has 0 aromatic heterocycles. The molecule has 0 saturated heterocycles. The Morgan fingerprint density at radius 3 is 2.57 bits per heavy atom. The first-order valence-electron chi connectivity index (χ1n) is 8.67. The van der Waals surface area contributed by atoms with E-state index in [-0.39, 0.29) is 11.9 Å². The SMILES string of the molecule is C[C@H](NC(=O)CCc1ccccc1)c1ccc2c(c1)CCCC2. The molecule has 1 atom stereocenters. The molecule has 23 heavy (non-hydrogen) atoms. The first kappa shape index (κ1) is 15.8. The summed E-state index contributed by atoms with van der Waals surface area (Å²) >= 11 is 0. The van der Waals surface area contributed by atoms with Crippen LogP contribution in [0.3, 0.4) is 0 Å². The van der Waals surface area contributed by atoms with Gasteiger partial charge in [-0.1, -0.05) is 48.5 Å². The molecule has 0 spiro atoms. The summed E-state index contributed by atoms with van der Waals surface area (Å²) in [6.45, 7) is 2.07. The van der Waals surface area contributed by atoms with E-state index in [1.807, 2.05) is 18.2 Å². The quantitative estimate of drug-likeness (QED) is 0.873. The van der Waals surface area contributed by atoms with Gasteiger partial charge < -0.3 is 5.32 Å². The Morgan fingerprint density at radius 2 is 1.78 bits per heavy atom. The highest BCUT2D eigenvalue weighted by atomic mass is 16.1. The minimum absolute atomic E-state index is 0.0745. The van der Waals surface area contributed by atoms with Crippen LogP contribution in [0.2, 0.25) is 0 Å². The number of amides is 1. The highest BCUT2D eigenvalue weighted by Gasteiger charge is 2.14. The number of aryl methyl sites for hydroxylation is 3. The summed E-state index contributed by atoms with van der Waals surface area (Å²) < 4.78 is 0. The van der Waals surface area contributed by atoms with Crippen molar-refractivity contribution in [3.8, 4) is 0 Å². The fraction of sp³-hybridized carbons (Fsp3) is 0.381. The van der Waals surface area contributed by atoms with Crippen molar-refractivity contribution in [1.29, 1.82) is 0 Å². The maximum atomic E-state index is 12.2. The van der Waals surface area contributed by atoms with Gasteiger partial charge in [0, 0.05) is 6.42 Å². The monoisotopic (exact) mass is 307 g/mol. The molecule has 1 aliphatic carbocycles. The van der Waals surface area contributed by atoms with Gasteiger partial charge in [0.05, 0.1) is 6.04 Å². The zero-order valence-corrected chi connectivity index (χ0v) is 13.8. The van der Waals surface area contributed by atoms with E-state index in [1.54, 1.807) is 0 Å². The Labute approximate surface area is 138 Å². The number of hydrogen-bond donors (Lipinski definition) is 1. The molecule has 2 heteroatoms. The lowest BCUT2D eigenvalue weighted by Crippen LogP contribution is -2.27. The smallest absolute Gasteiger partial charge is 0.220 e. The largest absolute Gasteiger partial charge is 0.350 e. The third-order valence-corrected chi connectivity index (χ3v) is 4.73. The van der Waals surface area contributed by atoms with Crippen molar-refractivity contribution in [2.24, 2.45) is 0 Å². The number of hydrogen-bond acceptors (Lipinski definition) is 1. The maximum absolute atomic E-state index is 12.2. The van der Waals surface area contributed by atoms with Crippen LogP contribution >= 0.6 is 0 Å². The van der Waals surface area contributed by atoms with Crippen LogP contribution in [0.15, 0.2) is 48.5 Å². The zero-order valence-electron chi connectivity index (χ0n) is 13.8. The second kappa shape index (κ2) is 7.45. The molecule has 1 N–H and O–H groups in total. The number of nitrogens with one attached hydrogen (secondary N) is 1. The molecule has 2 aromatic rings. The summed E-state index contributed by atoms with van der Waals surface area (Å²) in [4.78, 5) is 12.2. The molecule has 3 rings (SSSR count). The van der Waals surface area contributed by atoms with Gasteiger partial charge in [0.1, 0.15) is 0 Å².